The third kappa shape index (κ3) is 3.78. The van der Waals surface area contributed by atoms with Crippen LogP contribution >= 0.6 is 0 Å². The minimum absolute atomic E-state index is 0.187. The van der Waals surface area contributed by atoms with Crippen LogP contribution < -0.4 is 0 Å². The summed E-state index contributed by atoms with van der Waals surface area (Å²) < 4.78 is 14.9. The number of aromatic nitrogens is 3. The van der Waals surface area contributed by atoms with E-state index in [2.05, 4.69) is 10.3 Å². The van der Waals surface area contributed by atoms with Crippen molar-refractivity contribution in [3.05, 3.63) is 77.4 Å². The standard InChI is InChI=1S/C22H23FN4O2/c1-16-20(24-25-27(16)19-6-3-2-4-7-19)21(28)26-14-5-12-22(29,13-15-26)17-8-10-18(23)11-9-17/h2-4,6-11,29H,5,12-15H2,1H3. The van der Waals surface area contributed by atoms with E-state index in [1.54, 1.807) is 21.7 Å². The molecular weight excluding hydrogens is 371 g/mol. The first-order valence-electron chi connectivity index (χ1n) is 9.73. The van der Waals surface area contributed by atoms with Gasteiger partial charge in [-0.2, -0.15) is 0 Å². The quantitative estimate of drug-likeness (QED) is 0.740. The number of rotatable bonds is 3. The predicted octanol–water partition coefficient (Wildman–Crippen LogP) is 3.23. The van der Waals surface area contributed by atoms with Gasteiger partial charge in [0.15, 0.2) is 5.69 Å². The van der Waals surface area contributed by atoms with Gasteiger partial charge in [0, 0.05) is 13.1 Å². The summed E-state index contributed by atoms with van der Waals surface area (Å²) in [5.74, 6) is -0.521. The molecule has 0 saturated carbocycles. The van der Waals surface area contributed by atoms with Gasteiger partial charge in [0.2, 0.25) is 0 Å². The predicted molar refractivity (Wildman–Crippen MR) is 106 cm³/mol. The molecule has 1 amide bonds. The maximum absolute atomic E-state index is 13.2. The molecule has 7 heteroatoms. The highest BCUT2D eigenvalue weighted by Gasteiger charge is 2.34. The van der Waals surface area contributed by atoms with Gasteiger partial charge in [-0.25, -0.2) is 9.07 Å². The number of likely N-dealkylation sites (tertiary alicyclic amines) is 1. The van der Waals surface area contributed by atoms with Crippen molar-refractivity contribution in [1.29, 1.82) is 0 Å². The highest BCUT2D eigenvalue weighted by atomic mass is 19.1. The van der Waals surface area contributed by atoms with Crippen LogP contribution in [0.4, 0.5) is 4.39 Å². The van der Waals surface area contributed by atoms with Crippen LogP contribution in [0.15, 0.2) is 54.6 Å². The maximum Gasteiger partial charge on any atom is 0.276 e. The first-order valence-corrected chi connectivity index (χ1v) is 9.73. The fraction of sp³-hybridized carbons (Fsp3) is 0.318. The van der Waals surface area contributed by atoms with Gasteiger partial charge in [-0.3, -0.25) is 4.79 Å². The maximum atomic E-state index is 13.2. The second-order valence-electron chi connectivity index (χ2n) is 7.46. The summed E-state index contributed by atoms with van der Waals surface area (Å²) in [7, 11) is 0. The van der Waals surface area contributed by atoms with Crippen molar-refractivity contribution >= 4 is 5.91 Å². The van der Waals surface area contributed by atoms with E-state index in [1.165, 1.54) is 12.1 Å². The van der Waals surface area contributed by atoms with Crippen LogP contribution in [0.3, 0.4) is 0 Å². The Balaban J connectivity index is 1.52. The number of carbonyl (C=O) groups excluding carboxylic acids is 1. The molecule has 1 unspecified atom stereocenters. The Hall–Kier alpha value is -3.06. The zero-order valence-electron chi connectivity index (χ0n) is 16.3. The molecule has 1 N–H and O–H groups in total. The number of para-hydroxylation sites is 1. The smallest absolute Gasteiger partial charge is 0.276 e. The van der Waals surface area contributed by atoms with Crippen molar-refractivity contribution in [2.45, 2.75) is 31.8 Å². The summed E-state index contributed by atoms with van der Waals surface area (Å²) in [5, 5.41) is 19.4. The van der Waals surface area contributed by atoms with Crippen LogP contribution in [0.5, 0.6) is 0 Å². The summed E-state index contributed by atoms with van der Waals surface area (Å²) in [6, 6.07) is 15.5. The molecular formula is C22H23FN4O2. The van der Waals surface area contributed by atoms with Gasteiger partial charge < -0.3 is 10.0 Å². The van der Waals surface area contributed by atoms with Crippen molar-refractivity contribution in [1.82, 2.24) is 19.9 Å². The molecule has 1 aliphatic heterocycles. The van der Waals surface area contributed by atoms with Crippen LogP contribution in [0, 0.1) is 12.7 Å². The highest BCUT2D eigenvalue weighted by molar-refractivity contribution is 5.93. The summed E-state index contributed by atoms with van der Waals surface area (Å²) in [5.41, 5.74) is 1.46. The van der Waals surface area contributed by atoms with Crippen LogP contribution in [0.25, 0.3) is 5.69 Å². The molecule has 0 radical (unpaired) electrons. The monoisotopic (exact) mass is 394 g/mol. The molecule has 150 valence electrons. The Kier molecular flexibility index (Phi) is 5.15. The molecule has 2 heterocycles. The Labute approximate surface area is 168 Å². The van der Waals surface area contributed by atoms with Crippen molar-refractivity contribution in [3.63, 3.8) is 0 Å². The minimum atomic E-state index is -1.07. The SMILES string of the molecule is Cc1c(C(=O)N2CCCC(O)(c3ccc(F)cc3)CC2)nnn1-c1ccccc1. The lowest BCUT2D eigenvalue weighted by Crippen LogP contribution is -2.34. The number of carbonyl (C=O) groups is 1. The number of amides is 1. The van der Waals surface area contributed by atoms with E-state index in [4.69, 9.17) is 0 Å². The van der Waals surface area contributed by atoms with Crippen molar-refractivity contribution < 1.29 is 14.3 Å². The molecule has 1 fully saturated rings. The normalized spacial score (nSPS) is 19.8. The number of halogens is 1. The first kappa shape index (κ1) is 19.3. The molecule has 2 aromatic carbocycles. The van der Waals surface area contributed by atoms with E-state index in [-0.39, 0.29) is 11.7 Å². The molecule has 1 saturated heterocycles. The summed E-state index contributed by atoms with van der Waals surface area (Å²) in [4.78, 5) is 14.8. The Bertz CT molecular complexity index is 1000. The van der Waals surface area contributed by atoms with E-state index in [0.29, 0.717) is 49.3 Å². The molecule has 1 aromatic heterocycles. The number of hydrogen-bond donors (Lipinski definition) is 1. The fourth-order valence-electron chi connectivity index (χ4n) is 3.86. The van der Waals surface area contributed by atoms with Gasteiger partial charge in [-0.15, -0.1) is 5.10 Å². The van der Waals surface area contributed by atoms with Gasteiger partial charge in [-0.05, 0) is 56.0 Å². The average molecular weight is 394 g/mol. The lowest BCUT2D eigenvalue weighted by molar-refractivity contribution is 0.0212. The minimum Gasteiger partial charge on any atom is -0.385 e. The van der Waals surface area contributed by atoms with E-state index < -0.39 is 5.60 Å². The molecule has 3 aromatic rings. The van der Waals surface area contributed by atoms with Crippen LogP contribution in [0.1, 0.15) is 41.0 Å². The topological polar surface area (TPSA) is 71.2 Å². The third-order valence-corrected chi connectivity index (χ3v) is 5.58. The first-order chi connectivity index (χ1) is 14.0. The van der Waals surface area contributed by atoms with Crippen LogP contribution in [0.2, 0.25) is 0 Å². The van der Waals surface area contributed by atoms with Gasteiger partial charge in [-0.1, -0.05) is 35.5 Å². The van der Waals surface area contributed by atoms with Crippen LogP contribution in [-0.4, -0.2) is 44.0 Å². The van der Waals surface area contributed by atoms with Gasteiger partial charge in [0.1, 0.15) is 5.82 Å². The van der Waals surface area contributed by atoms with Gasteiger partial charge in [0.25, 0.3) is 5.91 Å². The van der Waals surface area contributed by atoms with E-state index in [9.17, 15) is 14.3 Å². The lowest BCUT2D eigenvalue weighted by atomic mass is 9.87. The van der Waals surface area contributed by atoms with Gasteiger partial charge in [0.05, 0.1) is 17.0 Å². The van der Waals surface area contributed by atoms with Gasteiger partial charge >= 0.3 is 0 Å². The molecule has 4 rings (SSSR count). The molecule has 0 aliphatic carbocycles. The second-order valence-corrected chi connectivity index (χ2v) is 7.46. The number of nitrogens with zero attached hydrogens (tertiary/aromatic N) is 4. The third-order valence-electron chi connectivity index (χ3n) is 5.58. The Morgan fingerprint density at radius 1 is 1.07 bits per heavy atom. The summed E-state index contributed by atoms with van der Waals surface area (Å²) in [6.07, 6.45) is 1.54. The summed E-state index contributed by atoms with van der Waals surface area (Å²) in [6.45, 7) is 2.75. The van der Waals surface area contributed by atoms with E-state index >= 15 is 0 Å². The summed E-state index contributed by atoms with van der Waals surface area (Å²) >= 11 is 0. The Morgan fingerprint density at radius 2 is 1.79 bits per heavy atom. The fourth-order valence-corrected chi connectivity index (χ4v) is 3.86. The number of benzene rings is 2. The second kappa shape index (κ2) is 7.75. The van der Waals surface area contributed by atoms with Crippen molar-refractivity contribution in [2.24, 2.45) is 0 Å². The van der Waals surface area contributed by atoms with E-state index in [0.717, 1.165) is 5.69 Å². The van der Waals surface area contributed by atoms with E-state index in [1.807, 2.05) is 37.3 Å². The molecule has 6 nitrogen and oxygen atoms in total. The lowest BCUT2D eigenvalue weighted by Gasteiger charge is -2.27. The zero-order valence-corrected chi connectivity index (χ0v) is 16.3. The molecule has 0 spiro atoms. The van der Waals surface area contributed by atoms with Crippen molar-refractivity contribution in [3.8, 4) is 5.69 Å². The zero-order chi connectivity index (χ0) is 20.4. The largest absolute Gasteiger partial charge is 0.385 e. The highest BCUT2D eigenvalue weighted by Crippen LogP contribution is 2.33. The molecule has 1 aliphatic rings. The van der Waals surface area contributed by atoms with Crippen LogP contribution in [-0.2, 0) is 5.60 Å². The Morgan fingerprint density at radius 3 is 2.52 bits per heavy atom. The number of aliphatic hydroxyl groups is 1. The van der Waals surface area contributed by atoms with Crippen molar-refractivity contribution in [2.75, 3.05) is 13.1 Å². The molecule has 1 atom stereocenters. The average Bonchev–Trinajstić information content (AvgIpc) is 3.00. The molecule has 0 bridgehead atoms. The molecule has 29 heavy (non-hydrogen) atoms. The number of hydrogen-bond acceptors (Lipinski definition) is 4.